The van der Waals surface area contributed by atoms with E-state index in [1.165, 1.54) is 0 Å². The van der Waals surface area contributed by atoms with Crippen LogP contribution in [-0.2, 0) is 14.4 Å². The molecule has 0 fully saturated rings. The van der Waals surface area contributed by atoms with E-state index in [2.05, 4.69) is 0 Å². The third-order valence-electron chi connectivity index (χ3n) is 2.97. The van der Waals surface area contributed by atoms with Crippen LogP contribution in [0, 0.1) is 0 Å². The van der Waals surface area contributed by atoms with Gasteiger partial charge in [0.25, 0.3) is 11.8 Å². The molecule has 1 aliphatic rings. The van der Waals surface area contributed by atoms with E-state index < -0.39 is 35.6 Å². The Balaban J connectivity index is 2.20. The summed E-state index contributed by atoms with van der Waals surface area (Å²) in [6, 6.07) is 1.14. The zero-order valence-corrected chi connectivity index (χ0v) is 11.2. The third-order valence-corrected chi connectivity index (χ3v) is 2.97. The Morgan fingerprint density at radius 1 is 1.19 bits per heavy atom. The Kier molecular flexibility index (Phi) is 3.97. The number of amides is 2. The third kappa shape index (κ3) is 2.73. The first-order valence-corrected chi connectivity index (χ1v) is 6.32. The van der Waals surface area contributed by atoms with Crippen LogP contribution in [-0.4, -0.2) is 43.7 Å². The molecule has 1 aliphatic heterocycles. The number of imide groups is 1. The standard InChI is InChI=1S/C13H14N2O6/c1-2-3-8(14-9(16)4-5-10(14)17)13(20)21-15-11(18)6-7-12(15)19/h4-8,18-19H,2-3H2,1H3. The second kappa shape index (κ2) is 5.70. The van der Waals surface area contributed by atoms with Gasteiger partial charge in [-0.15, -0.1) is 4.73 Å². The molecule has 0 aliphatic carbocycles. The number of nitrogens with zero attached hydrogens (tertiary/aromatic N) is 2. The molecule has 8 heteroatoms. The van der Waals surface area contributed by atoms with Crippen molar-refractivity contribution in [2.45, 2.75) is 25.8 Å². The SMILES string of the molecule is CCCC(C(=O)On1c(O)ccc1O)N1C(=O)C=CC1=O. The quantitative estimate of drug-likeness (QED) is 0.737. The van der Waals surface area contributed by atoms with E-state index in [4.69, 9.17) is 4.84 Å². The Bertz CT molecular complexity index is 581. The molecule has 0 radical (unpaired) electrons. The van der Waals surface area contributed by atoms with Crippen molar-refractivity contribution < 1.29 is 29.4 Å². The second-order valence-electron chi connectivity index (χ2n) is 4.44. The highest BCUT2D eigenvalue weighted by atomic mass is 16.7. The van der Waals surface area contributed by atoms with Gasteiger partial charge in [-0.3, -0.25) is 14.5 Å². The Morgan fingerprint density at radius 2 is 1.71 bits per heavy atom. The second-order valence-corrected chi connectivity index (χ2v) is 4.44. The number of aromatic hydroxyl groups is 2. The highest BCUT2D eigenvalue weighted by Crippen LogP contribution is 2.20. The van der Waals surface area contributed by atoms with Crippen molar-refractivity contribution in [2.24, 2.45) is 0 Å². The Hall–Kier alpha value is -2.77. The van der Waals surface area contributed by atoms with Crippen molar-refractivity contribution in [3.63, 3.8) is 0 Å². The van der Waals surface area contributed by atoms with Crippen LogP contribution < -0.4 is 4.84 Å². The molecule has 112 valence electrons. The molecule has 2 amide bonds. The van der Waals surface area contributed by atoms with Gasteiger partial charge in [0.2, 0.25) is 11.8 Å². The highest BCUT2D eigenvalue weighted by molar-refractivity contribution is 6.14. The van der Waals surface area contributed by atoms with Gasteiger partial charge in [0.05, 0.1) is 0 Å². The van der Waals surface area contributed by atoms with E-state index in [1.54, 1.807) is 6.92 Å². The minimum Gasteiger partial charge on any atom is -0.492 e. The van der Waals surface area contributed by atoms with Crippen molar-refractivity contribution >= 4 is 17.8 Å². The van der Waals surface area contributed by atoms with Crippen LogP contribution in [0.4, 0.5) is 0 Å². The van der Waals surface area contributed by atoms with Crippen LogP contribution in [0.1, 0.15) is 19.8 Å². The van der Waals surface area contributed by atoms with E-state index in [9.17, 15) is 24.6 Å². The van der Waals surface area contributed by atoms with Crippen molar-refractivity contribution in [3.05, 3.63) is 24.3 Å². The van der Waals surface area contributed by atoms with Gasteiger partial charge in [-0.25, -0.2) is 4.79 Å². The van der Waals surface area contributed by atoms with Gasteiger partial charge in [0.1, 0.15) is 6.04 Å². The molecule has 2 rings (SSSR count). The fraction of sp³-hybridized carbons (Fsp3) is 0.308. The minimum atomic E-state index is -1.12. The largest absolute Gasteiger partial charge is 0.492 e. The van der Waals surface area contributed by atoms with Gasteiger partial charge in [0, 0.05) is 24.3 Å². The van der Waals surface area contributed by atoms with Crippen LogP contribution in [0.3, 0.4) is 0 Å². The number of carbonyl (C=O) groups excluding carboxylic acids is 3. The van der Waals surface area contributed by atoms with Crippen LogP contribution >= 0.6 is 0 Å². The van der Waals surface area contributed by atoms with Gasteiger partial charge in [0.15, 0.2) is 0 Å². The van der Waals surface area contributed by atoms with E-state index in [1.807, 2.05) is 0 Å². The molecule has 0 aromatic carbocycles. The predicted molar refractivity (Wildman–Crippen MR) is 69.0 cm³/mol. The van der Waals surface area contributed by atoms with Crippen molar-refractivity contribution in [1.82, 2.24) is 9.63 Å². The summed E-state index contributed by atoms with van der Waals surface area (Å²) < 4.78 is 0.517. The van der Waals surface area contributed by atoms with Gasteiger partial charge >= 0.3 is 5.97 Å². The smallest absolute Gasteiger partial charge is 0.355 e. The summed E-state index contributed by atoms with van der Waals surface area (Å²) in [6.45, 7) is 1.78. The van der Waals surface area contributed by atoms with Gasteiger partial charge in [-0.2, -0.15) is 0 Å². The van der Waals surface area contributed by atoms with Gasteiger partial charge < -0.3 is 15.1 Å². The molecule has 21 heavy (non-hydrogen) atoms. The monoisotopic (exact) mass is 294 g/mol. The average Bonchev–Trinajstić information content (AvgIpc) is 2.93. The van der Waals surface area contributed by atoms with Crippen molar-refractivity contribution in [1.29, 1.82) is 0 Å². The molecule has 0 saturated carbocycles. The molecule has 0 spiro atoms. The van der Waals surface area contributed by atoms with Gasteiger partial charge in [-0.05, 0) is 6.42 Å². The van der Waals surface area contributed by atoms with E-state index in [0.717, 1.165) is 29.2 Å². The summed E-state index contributed by atoms with van der Waals surface area (Å²) in [6.07, 6.45) is 2.88. The first-order chi connectivity index (χ1) is 9.95. The van der Waals surface area contributed by atoms with E-state index in [0.29, 0.717) is 11.2 Å². The average molecular weight is 294 g/mol. The molecule has 2 N–H and O–H groups in total. The summed E-state index contributed by atoms with van der Waals surface area (Å²) in [5.41, 5.74) is 0. The molecule has 0 bridgehead atoms. The van der Waals surface area contributed by atoms with Crippen LogP contribution in [0.25, 0.3) is 0 Å². The van der Waals surface area contributed by atoms with E-state index >= 15 is 0 Å². The number of aromatic nitrogens is 1. The lowest BCUT2D eigenvalue weighted by atomic mass is 10.1. The lowest BCUT2D eigenvalue weighted by molar-refractivity contribution is -0.159. The zero-order chi connectivity index (χ0) is 15.6. The first-order valence-electron chi connectivity index (χ1n) is 6.32. The number of hydrogen-bond acceptors (Lipinski definition) is 6. The Labute approximate surface area is 119 Å². The molecule has 8 nitrogen and oxygen atoms in total. The van der Waals surface area contributed by atoms with E-state index in [-0.39, 0.29) is 6.42 Å². The van der Waals surface area contributed by atoms with Gasteiger partial charge in [-0.1, -0.05) is 13.3 Å². The summed E-state index contributed by atoms with van der Waals surface area (Å²) in [5.74, 6) is -3.08. The van der Waals surface area contributed by atoms with Crippen molar-refractivity contribution in [3.8, 4) is 11.8 Å². The lowest BCUT2D eigenvalue weighted by Gasteiger charge is -2.23. The molecular weight excluding hydrogens is 280 g/mol. The number of rotatable bonds is 5. The molecule has 2 heterocycles. The maximum absolute atomic E-state index is 12.1. The predicted octanol–water partition coefficient (Wildman–Crippen LogP) is -0.0518. The van der Waals surface area contributed by atoms with Crippen molar-refractivity contribution in [2.75, 3.05) is 0 Å². The normalized spacial score (nSPS) is 15.6. The molecule has 1 unspecified atom stereocenters. The summed E-state index contributed by atoms with van der Waals surface area (Å²) >= 11 is 0. The molecule has 0 saturated heterocycles. The maximum Gasteiger partial charge on any atom is 0.355 e. The fourth-order valence-electron chi connectivity index (χ4n) is 1.99. The number of hydrogen-bond donors (Lipinski definition) is 2. The number of carbonyl (C=O) groups is 3. The summed E-state index contributed by atoms with van der Waals surface area (Å²) in [4.78, 5) is 41.1. The highest BCUT2D eigenvalue weighted by Gasteiger charge is 2.37. The molecule has 1 atom stereocenters. The molecular formula is C13H14N2O6. The maximum atomic E-state index is 12.1. The lowest BCUT2D eigenvalue weighted by Crippen LogP contribution is -2.48. The van der Waals surface area contributed by atoms with Crippen LogP contribution in [0.2, 0.25) is 0 Å². The fourth-order valence-corrected chi connectivity index (χ4v) is 1.99. The molecule has 1 aromatic rings. The summed E-state index contributed by atoms with van der Waals surface area (Å²) in [5, 5.41) is 18.9. The molecule has 1 aromatic heterocycles. The summed E-state index contributed by atoms with van der Waals surface area (Å²) in [7, 11) is 0. The minimum absolute atomic E-state index is 0.209. The van der Waals surface area contributed by atoms with Crippen LogP contribution in [0.15, 0.2) is 24.3 Å². The first kappa shape index (κ1) is 14.6. The Morgan fingerprint density at radius 3 is 2.19 bits per heavy atom. The topological polar surface area (TPSA) is 109 Å². The zero-order valence-electron chi connectivity index (χ0n) is 11.2. The van der Waals surface area contributed by atoms with Crippen LogP contribution in [0.5, 0.6) is 11.8 Å².